The number of hydrogen-bond acceptors (Lipinski definition) is 4. The second kappa shape index (κ2) is 18.6. The maximum atomic E-state index is 10.4. The van der Waals surface area contributed by atoms with E-state index in [2.05, 4.69) is 11.8 Å². The van der Waals surface area contributed by atoms with Gasteiger partial charge in [-0.25, -0.2) is 4.89 Å². The Bertz CT molecular complexity index is 541. The summed E-state index contributed by atoms with van der Waals surface area (Å²) in [5.41, 5.74) is 0. The van der Waals surface area contributed by atoms with E-state index in [4.69, 9.17) is 10.4 Å². The molecule has 0 amide bonds. The molecule has 0 heterocycles. The van der Waals surface area contributed by atoms with Gasteiger partial charge in [0.15, 0.2) is 0 Å². The lowest BCUT2D eigenvalue weighted by atomic mass is 10.2. The van der Waals surface area contributed by atoms with Crippen LogP contribution in [0.15, 0.2) is 72.9 Å². The summed E-state index contributed by atoms with van der Waals surface area (Å²) in [4.78, 5) is 14.7. The maximum absolute atomic E-state index is 10.4. The maximum Gasteiger partial charge on any atom is 0.303 e. The molecule has 0 aromatic carbocycles. The standard InChI is InChI=1S/C22H32O5/c1-2-3-10-15-20(23)16-11-7-5-4-6-8-12-17-21(27-26)18-13-9-14-19-22(24)25/h3,5-13,16-17,20-21,23,26H,2,4,14-15,18-19H2,1H3,(H,24,25)/b7-5-,8-6-,10-3-,13-9-,16-11+,17-12+/t20-,21?/m0/s1. The van der Waals surface area contributed by atoms with Gasteiger partial charge >= 0.3 is 5.97 Å². The van der Waals surface area contributed by atoms with E-state index in [9.17, 15) is 9.90 Å². The summed E-state index contributed by atoms with van der Waals surface area (Å²) in [6, 6.07) is 0. The summed E-state index contributed by atoms with van der Waals surface area (Å²) in [5, 5.41) is 27.0. The summed E-state index contributed by atoms with van der Waals surface area (Å²) < 4.78 is 0. The van der Waals surface area contributed by atoms with Crippen molar-refractivity contribution in [2.45, 2.75) is 57.7 Å². The Hall–Kier alpha value is -2.21. The minimum Gasteiger partial charge on any atom is -0.481 e. The Morgan fingerprint density at radius 1 is 0.926 bits per heavy atom. The van der Waals surface area contributed by atoms with Gasteiger partial charge in [-0.05, 0) is 32.1 Å². The molecule has 5 nitrogen and oxygen atoms in total. The Balaban J connectivity index is 4.00. The topological polar surface area (TPSA) is 87.0 Å². The SMILES string of the molecule is CC/C=C\C[C@H](O)/C=C/C=C\C/C=C\C=C\C(C/C=C\CCC(=O)O)OO. The fraction of sp³-hybridized carbons (Fsp3) is 0.409. The van der Waals surface area contributed by atoms with Gasteiger partial charge in [-0.1, -0.05) is 79.8 Å². The number of carboxylic acids is 1. The Kier molecular flexibility index (Phi) is 17.1. The van der Waals surface area contributed by atoms with Crippen LogP contribution in [0, 0.1) is 0 Å². The summed E-state index contributed by atoms with van der Waals surface area (Å²) in [6.07, 6.45) is 24.8. The van der Waals surface area contributed by atoms with Crippen molar-refractivity contribution in [2.75, 3.05) is 0 Å². The van der Waals surface area contributed by atoms with Crippen LogP contribution in [-0.2, 0) is 9.68 Å². The van der Waals surface area contributed by atoms with Crippen molar-refractivity contribution in [1.82, 2.24) is 0 Å². The van der Waals surface area contributed by atoms with Crippen LogP contribution in [0.5, 0.6) is 0 Å². The third-order valence-corrected chi connectivity index (χ3v) is 3.40. The molecule has 2 atom stereocenters. The molecule has 0 saturated carbocycles. The van der Waals surface area contributed by atoms with Crippen LogP contribution >= 0.6 is 0 Å². The number of rotatable bonds is 15. The zero-order valence-corrected chi connectivity index (χ0v) is 16.0. The quantitative estimate of drug-likeness (QED) is 0.162. The van der Waals surface area contributed by atoms with Gasteiger partial charge in [0.2, 0.25) is 0 Å². The molecule has 0 radical (unpaired) electrons. The lowest BCUT2D eigenvalue weighted by Gasteiger charge is -2.04. The van der Waals surface area contributed by atoms with Crippen molar-refractivity contribution in [1.29, 1.82) is 0 Å². The highest BCUT2D eigenvalue weighted by Gasteiger charge is 2.00. The Labute approximate surface area is 162 Å². The Morgan fingerprint density at radius 3 is 2.22 bits per heavy atom. The predicted octanol–water partition coefficient (Wildman–Crippen LogP) is 4.99. The van der Waals surface area contributed by atoms with Gasteiger partial charge in [-0.3, -0.25) is 10.1 Å². The predicted molar refractivity (Wildman–Crippen MR) is 109 cm³/mol. The highest BCUT2D eigenvalue weighted by molar-refractivity contribution is 5.66. The molecule has 3 N–H and O–H groups in total. The van der Waals surface area contributed by atoms with E-state index >= 15 is 0 Å². The molecule has 0 aliphatic heterocycles. The van der Waals surface area contributed by atoms with Crippen LogP contribution in [0.1, 0.15) is 45.4 Å². The third kappa shape index (κ3) is 18.4. The van der Waals surface area contributed by atoms with Gasteiger partial charge in [-0.15, -0.1) is 0 Å². The first-order valence-corrected chi connectivity index (χ1v) is 9.26. The fourth-order valence-electron chi connectivity index (χ4n) is 1.97. The molecule has 0 aliphatic rings. The van der Waals surface area contributed by atoms with E-state index in [-0.39, 0.29) is 6.42 Å². The molecule has 0 rings (SSSR count). The van der Waals surface area contributed by atoms with E-state index in [0.717, 1.165) is 12.8 Å². The zero-order chi connectivity index (χ0) is 20.2. The normalized spacial score (nSPS) is 15.4. The average Bonchev–Trinajstić information content (AvgIpc) is 2.64. The van der Waals surface area contributed by atoms with Gasteiger partial charge in [0, 0.05) is 6.42 Å². The molecule has 0 fully saturated rings. The number of carbonyl (C=O) groups is 1. The molecular weight excluding hydrogens is 344 g/mol. The van der Waals surface area contributed by atoms with E-state index < -0.39 is 18.2 Å². The minimum atomic E-state index is -0.829. The number of aliphatic hydroxyl groups excluding tert-OH is 1. The molecule has 1 unspecified atom stereocenters. The number of hydrogen-bond donors (Lipinski definition) is 3. The van der Waals surface area contributed by atoms with Gasteiger partial charge in [0.1, 0.15) is 6.10 Å². The second-order valence-corrected chi connectivity index (χ2v) is 5.83. The van der Waals surface area contributed by atoms with E-state index in [1.165, 1.54) is 0 Å². The minimum absolute atomic E-state index is 0.0945. The molecule has 0 aromatic rings. The lowest BCUT2D eigenvalue weighted by Crippen LogP contribution is -2.05. The van der Waals surface area contributed by atoms with Gasteiger partial charge in [-0.2, -0.15) is 0 Å². The molecule has 0 spiro atoms. The van der Waals surface area contributed by atoms with Crippen molar-refractivity contribution in [3.05, 3.63) is 72.9 Å². The van der Waals surface area contributed by atoms with Crippen molar-refractivity contribution in [3.63, 3.8) is 0 Å². The van der Waals surface area contributed by atoms with Crippen molar-refractivity contribution < 1.29 is 25.2 Å². The molecule has 0 saturated heterocycles. The van der Waals surface area contributed by atoms with E-state index in [0.29, 0.717) is 19.3 Å². The smallest absolute Gasteiger partial charge is 0.303 e. The van der Waals surface area contributed by atoms with Crippen LogP contribution in [0.2, 0.25) is 0 Å². The molecule has 5 heteroatoms. The summed E-state index contributed by atoms with van der Waals surface area (Å²) in [6.45, 7) is 2.06. The largest absolute Gasteiger partial charge is 0.481 e. The molecule has 0 aromatic heterocycles. The zero-order valence-electron chi connectivity index (χ0n) is 16.0. The summed E-state index contributed by atoms with van der Waals surface area (Å²) in [7, 11) is 0. The lowest BCUT2D eigenvalue weighted by molar-refractivity contribution is -0.264. The van der Waals surface area contributed by atoms with Crippen LogP contribution in [0.4, 0.5) is 0 Å². The van der Waals surface area contributed by atoms with Crippen molar-refractivity contribution in [3.8, 4) is 0 Å². The van der Waals surface area contributed by atoms with E-state index in [1.807, 2.05) is 42.5 Å². The highest BCUT2D eigenvalue weighted by atomic mass is 17.1. The van der Waals surface area contributed by atoms with Gasteiger partial charge in [0.25, 0.3) is 0 Å². The fourth-order valence-corrected chi connectivity index (χ4v) is 1.97. The van der Waals surface area contributed by atoms with Crippen LogP contribution in [0.25, 0.3) is 0 Å². The highest BCUT2D eigenvalue weighted by Crippen LogP contribution is 2.03. The first kappa shape index (κ1) is 24.8. The summed E-state index contributed by atoms with van der Waals surface area (Å²) >= 11 is 0. The van der Waals surface area contributed by atoms with Gasteiger partial charge in [0.05, 0.1) is 6.10 Å². The first-order valence-electron chi connectivity index (χ1n) is 9.26. The van der Waals surface area contributed by atoms with Crippen molar-refractivity contribution >= 4 is 5.97 Å². The number of aliphatic carboxylic acids is 1. The second-order valence-electron chi connectivity index (χ2n) is 5.83. The van der Waals surface area contributed by atoms with Gasteiger partial charge < -0.3 is 10.2 Å². The molecule has 0 aliphatic carbocycles. The van der Waals surface area contributed by atoms with Crippen LogP contribution < -0.4 is 0 Å². The Morgan fingerprint density at radius 2 is 1.59 bits per heavy atom. The molecular formula is C22H32O5. The van der Waals surface area contributed by atoms with Crippen molar-refractivity contribution in [2.24, 2.45) is 0 Å². The first-order chi connectivity index (χ1) is 13.1. The third-order valence-electron chi connectivity index (χ3n) is 3.40. The molecule has 0 bridgehead atoms. The average molecular weight is 376 g/mol. The molecule has 27 heavy (non-hydrogen) atoms. The molecule has 150 valence electrons. The number of allylic oxidation sites excluding steroid dienone is 8. The number of aliphatic hydroxyl groups is 1. The van der Waals surface area contributed by atoms with Crippen LogP contribution in [-0.4, -0.2) is 33.6 Å². The number of carboxylic acid groups (broad SMARTS) is 1. The monoisotopic (exact) mass is 376 g/mol. The van der Waals surface area contributed by atoms with E-state index in [1.54, 1.807) is 30.4 Å². The summed E-state index contributed by atoms with van der Waals surface area (Å²) in [5.74, 6) is -0.829. The van der Waals surface area contributed by atoms with Crippen LogP contribution in [0.3, 0.4) is 0 Å².